The van der Waals surface area contributed by atoms with Crippen molar-refractivity contribution in [1.29, 1.82) is 0 Å². The minimum absolute atomic E-state index is 0.289. The van der Waals surface area contributed by atoms with Gasteiger partial charge in [0.25, 0.3) is 0 Å². The number of anilines is 3. The molecule has 3 heterocycles. The van der Waals surface area contributed by atoms with Crippen LogP contribution in [0.4, 0.5) is 17.9 Å². The molecule has 1 saturated carbocycles. The Hall–Kier alpha value is -3.03. The summed E-state index contributed by atoms with van der Waals surface area (Å²) in [6.07, 6.45) is 9.80. The van der Waals surface area contributed by atoms with Crippen LogP contribution in [0.15, 0.2) is 35.3 Å². The van der Waals surface area contributed by atoms with Gasteiger partial charge in [-0.1, -0.05) is 0 Å². The van der Waals surface area contributed by atoms with Crippen LogP contribution in [0.2, 0.25) is 0 Å². The van der Waals surface area contributed by atoms with Gasteiger partial charge in [0.15, 0.2) is 0 Å². The molecule has 8 heteroatoms. The highest BCUT2D eigenvalue weighted by molar-refractivity contribution is 5.63. The number of rotatable bonds is 5. The molecule has 116 valence electrons. The summed E-state index contributed by atoms with van der Waals surface area (Å²) in [6.45, 7) is 0. The highest BCUT2D eigenvalue weighted by atomic mass is 16.4. The van der Waals surface area contributed by atoms with E-state index in [1.165, 1.54) is 19.1 Å². The van der Waals surface area contributed by atoms with Gasteiger partial charge < -0.3 is 10.2 Å². The summed E-state index contributed by atoms with van der Waals surface area (Å²) in [5.74, 6) is 1.38. The van der Waals surface area contributed by atoms with E-state index in [4.69, 9.17) is 10.2 Å². The van der Waals surface area contributed by atoms with Crippen molar-refractivity contribution in [2.45, 2.75) is 19.3 Å². The highest BCUT2D eigenvalue weighted by Crippen LogP contribution is 2.34. The average molecular weight is 309 g/mol. The molecule has 8 nitrogen and oxygen atoms in total. The number of aromatic nitrogens is 5. The van der Waals surface area contributed by atoms with Crippen LogP contribution < -0.4 is 11.1 Å². The predicted octanol–water partition coefficient (Wildman–Crippen LogP) is 2.20. The number of nitrogens with one attached hydrogen (secondary N) is 1. The average Bonchev–Trinajstić information content (AvgIpc) is 3.21. The van der Waals surface area contributed by atoms with Crippen LogP contribution in [0.3, 0.4) is 0 Å². The first kappa shape index (κ1) is 13.6. The summed E-state index contributed by atoms with van der Waals surface area (Å²) >= 11 is 0. The van der Waals surface area contributed by atoms with Crippen LogP contribution in [0.1, 0.15) is 18.5 Å². The minimum atomic E-state index is 0.289. The number of oxazole rings is 1. The number of nitrogens with two attached hydrogens (primary N) is 1. The Bertz CT molecular complexity index is 814. The van der Waals surface area contributed by atoms with Gasteiger partial charge in [0.05, 0.1) is 17.6 Å². The standard InChI is InChI=1S/C15H15N7O/c16-13-19-8-10(12(20-13)7-9-1-2-9)11-3-4-17-14(21-11)22-15-18-5-6-23-15/h3-6,8-9H,1-2,7H2,(H2,16,19,20)(H,17,18,21,22). The second kappa shape index (κ2) is 5.64. The van der Waals surface area contributed by atoms with Crippen molar-refractivity contribution in [2.75, 3.05) is 11.1 Å². The quantitative estimate of drug-likeness (QED) is 0.737. The molecule has 0 saturated heterocycles. The van der Waals surface area contributed by atoms with Crippen LogP contribution >= 0.6 is 0 Å². The first-order valence-electron chi connectivity index (χ1n) is 7.39. The molecule has 3 N–H and O–H groups in total. The summed E-state index contributed by atoms with van der Waals surface area (Å²) in [5.41, 5.74) is 8.28. The Balaban J connectivity index is 1.67. The Morgan fingerprint density at radius 1 is 1.17 bits per heavy atom. The summed E-state index contributed by atoms with van der Waals surface area (Å²) < 4.78 is 5.14. The SMILES string of the molecule is Nc1ncc(-c2ccnc(Nc3ncco3)n2)c(CC2CC2)n1. The van der Waals surface area contributed by atoms with Gasteiger partial charge in [0, 0.05) is 18.0 Å². The van der Waals surface area contributed by atoms with Gasteiger partial charge in [0.1, 0.15) is 6.26 Å². The van der Waals surface area contributed by atoms with Crippen LogP contribution in [0.5, 0.6) is 0 Å². The topological polar surface area (TPSA) is 116 Å². The van der Waals surface area contributed by atoms with Crippen LogP contribution in [0, 0.1) is 5.92 Å². The Morgan fingerprint density at radius 2 is 2.09 bits per heavy atom. The van der Waals surface area contributed by atoms with E-state index in [0.717, 1.165) is 23.4 Å². The summed E-state index contributed by atoms with van der Waals surface area (Å²) in [5, 5.41) is 2.91. The minimum Gasteiger partial charge on any atom is -0.432 e. The predicted molar refractivity (Wildman–Crippen MR) is 83.7 cm³/mol. The molecule has 0 radical (unpaired) electrons. The second-order valence-corrected chi connectivity index (χ2v) is 5.46. The number of nitrogens with zero attached hydrogens (tertiary/aromatic N) is 5. The summed E-state index contributed by atoms with van der Waals surface area (Å²) in [6, 6.07) is 2.17. The van der Waals surface area contributed by atoms with E-state index in [-0.39, 0.29) is 5.95 Å². The van der Waals surface area contributed by atoms with Crippen molar-refractivity contribution in [3.05, 3.63) is 36.6 Å². The van der Waals surface area contributed by atoms with Gasteiger partial charge in [-0.25, -0.2) is 24.9 Å². The van der Waals surface area contributed by atoms with Crippen molar-refractivity contribution in [2.24, 2.45) is 5.92 Å². The molecular formula is C15H15N7O. The van der Waals surface area contributed by atoms with Crippen molar-refractivity contribution < 1.29 is 4.42 Å². The molecule has 0 amide bonds. The molecule has 1 fully saturated rings. The molecule has 0 aromatic carbocycles. The van der Waals surface area contributed by atoms with Gasteiger partial charge in [-0.15, -0.1) is 0 Å². The van der Waals surface area contributed by atoms with Crippen LogP contribution in [-0.2, 0) is 6.42 Å². The number of nitrogen functional groups attached to an aromatic ring is 1. The van der Waals surface area contributed by atoms with Crippen molar-refractivity contribution in [3.63, 3.8) is 0 Å². The normalized spacial score (nSPS) is 13.9. The van der Waals surface area contributed by atoms with E-state index in [1.807, 2.05) is 6.07 Å². The molecule has 4 rings (SSSR count). The van der Waals surface area contributed by atoms with Crippen LogP contribution in [-0.4, -0.2) is 24.9 Å². The van der Waals surface area contributed by atoms with E-state index in [9.17, 15) is 0 Å². The molecular weight excluding hydrogens is 294 g/mol. The van der Waals surface area contributed by atoms with Gasteiger partial charge in [-0.2, -0.15) is 0 Å². The second-order valence-electron chi connectivity index (χ2n) is 5.46. The molecule has 1 aliphatic carbocycles. The van der Waals surface area contributed by atoms with Gasteiger partial charge >= 0.3 is 6.01 Å². The fourth-order valence-electron chi connectivity index (χ4n) is 2.35. The van der Waals surface area contributed by atoms with E-state index in [2.05, 4.69) is 30.2 Å². The maximum absolute atomic E-state index is 5.73. The molecule has 0 bridgehead atoms. The first-order valence-corrected chi connectivity index (χ1v) is 7.39. The third-order valence-corrected chi connectivity index (χ3v) is 3.65. The fourth-order valence-corrected chi connectivity index (χ4v) is 2.35. The van der Waals surface area contributed by atoms with Crippen molar-refractivity contribution in [3.8, 4) is 11.3 Å². The molecule has 0 atom stereocenters. The fraction of sp³-hybridized carbons (Fsp3) is 0.267. The summed E-state index contributed by atoms with van der Waals surface area (Å²) in [7, 11) is 0. The lowest BCUT2D eigenvalue weighted by molar-refractivity contribution is 0.577. The van der Waals surface area contributed by atoms with Crippen molar-refractivity contribution in [1.82, 2.24) is 24.9 Å². The summed E-state index contributed by atoms with van der Waals surface area (Å²) in [4.78, 5) is 21.2. The molecule has 1 aliphatic rings. The molecule has 3 aromatic heterocycles. The zero-order valence-corrected chi connectivity index (χ0v) is 12.3. The van der Waals surface area contributed by atoms with E-state index >= 15 is 0 Å². The zero-order valence-electron chi connectivity index (χ0n) is 12.3. The molecule has 3 aromatic rings. The number of hydrogen-bond acceptors (Lipinski definition) is 8. The third-order valence-electron chi connectivity index (χ3n) is 3.65. The molecule has 0 unspecified atom stereocenters. The lowest BCUT2D eigenvalue weighted by atomic mass is 10.1. The Labute approximate surface area is 132 Å². The lowest BCUT2D eigenvalue weighted by Crippen LogP contribution is -2.04. The van der Waals surface area contributed by atoms with Gasteiger partial charge in [0.2, 0.25) is 11.9 Å². The van der Waals surface area contributed by atoms with E-state index in [1.54, 1.807) is 18.6 Å². The van der Waals surface area contributed by atoms with E-state index < -0.39 is 0 Å². The third kappa shape index (κ3) is 3.10. The largest absolute Gasteiger partial charge is 0.432 e. The van der Waals surface area contributed by atoms with E-state index in [0.29, 0.717) is 17.9 Å². The van der Waals surface area contributed by atoms with Gasteiger partial charge in [-0.05, 0) is 31.2 Å². The molecule has 0 aliphatic heterocycles. The Kier molecular flexibility index (Phi) is 3.34. The molecule has 23 heavy (non-hydrogen) atoms. The van der Waals surface area contributed by atoms with Gasteiger partial charge in [-0.3, -0.25) is 5.32 Å². The highest BCUT2D eigenvalue weighted by Gasteiger charge is 2.24. The first-order chi connectivity index (χ1) is 11.3. The lowest BCUT2D eigenvalue weighted by Gasteiger charge is -2.09. The Morgan fingerprint density at radius 3 is 2.87 bits per heavy atom. The molecule has 0 spiro atoms. The maximum atomic E-state index is 5.73. The smallest absolute Gasteiger partial charge is 0.301 e. The number of hydrogen-bond donors (Lipinski definition) is 2. The van der Waals surface area contributed by atoms with Crippen molar-refractivity contribution >= 4 is 17.9 Å². The monoisotopic (exact) mass is 309 g/mol. The zero-order chi connectivity index (χ0) is 15.6. The maximum Gasteiger partial charge on any atom is 0.301 e. The van der Waals surface area contributed by atoms with Crippen LogP contribution in [0.25, 0.3) is 11.3 Å².